The van der Waals surface area contributed by atoms with Crippen LogP contribution in [0.1, 0.15) is 29.4 Å². The summed E-state index contributed by atoms with van der Waals surface area (Å²) in [5.74, 6) is -3.91. The second-order valence-corrected chi connectivity index (χ2v) is 7.29. The summed E-state index contributed by atoms with van der Waals surface area (Å²) in [6, 6.07) is 2.10. The maximum absolute atomic E-state index is 12.5. The molecule has 2 aliphatic rings. The van der Waals surface area contributed by atoms with Crippen LogP contribution in [0.3, 0.4) is 0 Å². The van der Waals surface area contributed by atoms with Crippen LogP contribution in [0.5, 0.6) is 0 Å². The van der Waals surface area contributed by atoms with Crippen molar-refractivity contribution in [3.63, 3.8) is 0 Å². The molecular formula is C18H18N2O6S. The highest BCUT2D eigenvalue weighted by molar-refractivity contribution is 7.12. The first-order valence-corrected chi connectivity index (χ1v) is 9.34. The molecule has 0 radical (unpaired) electrons. The second kappa shape index (κ2) is 7.83. The number of ether oxygens (including phenoxy) is 1. The highest BCUT2D eigenvalue weighted by Crippen LogP contribution is 2.36. The minimum atomic E-state index is -1.13. The van der Waals surface area contributed by atoms with Crippen LogP contribution in [-0.2, 0) is 23.9 Å². The van der Waals surface area contributed by atoms with E-state index in [1.54, 1.807) is 17.5 Å². The van der Waals surface area contributed by atoms with Crippen molar-refractivity contribution in [1.29, 1.82) is 0 Å². The van der Waals surface area contributed by atoms with Gasteiger partial charge in [0.25, 0.3) is 11.8 Å². The highest BCUT2D eigenvalue weighted by atomic mass is 32.1. The predicted molar refractivity (Wildman–Crippen MR) is 94.4 cm³/mol. The Kier molecular flexibility index (Phi) is 5.50. The number of imide groups is 2. The first-order chi connectivity index (χ1) is 12.9. The second-order valence-electron chi connectivity index (χ2n) is 6.34. The van der Waals surface area contributed by atoms with Gasteiger partial charge in [-0.2, -0.15) is 0 Å². The van der Waals surface area contributed by atoms with Crippen molar-refractivity contribution in [2.45, 2.75) is 25.8 Å². The quantitative estimate of drug-likeness (QED) is 0.454. The van der Waals surface area contributed by atoms with Crippen molar-refractivity contribution >= 4 is 40.9 Å². The topological polar surface area (TPSA) is 110 Å². The lowest BCUT2D eigenvalue weighted by molar-refractivity contribution is -0.159. The molecular weight excluding hydrogens is 372 g/mol. The highest BCUT2D eigenvalue weighted by Gasteiger charge is 2.50. The van der Waals surface area contributed by atoms with Gasteiger partial charge in [-0.05, 0) is 31.2 Å². The molecule has 0 spiro atoms. The standard InChI is InChI=1S/C18H18N2O6S/c1-10(20-16(23)11-5-2-3-6-12(11)17(20)24)18(25)26-9-14(21)19-15(22)13-7-4-8-27-13/h2-4,7-8,10-12H,5-6,9H2,1H3,(H,19,21,22)/t10-,11+,12+/m0/s1. The van der Waals surface area contributed by atoms with E-state index in [1.165, 1.54) is 18.3 Å². The van der Waals surface area contributed by atoms with Crippen LogP contribution < -0.4 is 5.32 Å². The van der Waals surface area contributed by atoms with Crippen molar-refractivity contribution < 1.29 is 28.7 Å². The number of nitrogens with one attached hydrogen (secondary N) is 1. The maximum atomic E-state index is 12.5. The summed E-state index contributed by atoms with van der Waals surface area (Å²) in [5.41, 5.74) is 0. The number of fused-ring (bicyclic) bond motifs is 1. The van der Waals surface area contributed by atoms with E-state index in [0.717, 1.165) is 4.90 Å². The Morgan fingerprint density at radius 2 is 1.85 bits per heavy atom. The normalized spacial score (nSPS) is 22.3. The fraction of sp³-hybridized carbons (Fsp3) is 0.389. The van der Waals surface area contributed by atoms with Crippen molar-refractivity contribution in [3.05, 3.63) is 34.5 Å². The number of likely N-dealkylation sites (tertiary alicyclic amines) is 1. The molecule has 142 valence electrons. The van der Waals surface area contributed by atoms with Gasteiger partial charge < -0.3 is 4.74 Å². The van der Waals surface area contributed by atoms with Gasteiger partial charge in [-0.15, -0.1) is 11.3 Å². The number of thiophene rings is 1. The molecule has 0 aromatic carbocycles. The number of carbonyl (C=O) groups is 5. The molecule has 1 aromatic rings. The van der Waals surface area contributed by atoms with Crippen LogP contribution in [0.4, 0.5) is 0 Å². The number of hydrogen-bond acceptors (Lipinski definition) is 7. The maximum Gasteiger partial charge on any atom is 0.329 e. The fourth-order valence-electron chi connectivity index (χ4n) is 3.20. The number of esters is 1. The number of carbonyl (C=O) groups excluding carboxylic acids is 5. The molecule has 1 fully saturated rings. The summed E-state index contributed by atoms with van der Waals surface area (Å²) >= 11 is 1.17. The number of rotatable bonds is 5. The third kappa shape index (κ3) is 3.82. The Morgan fingerprint density at radius 1 is 1.22 bits per heavy atom. The molecule has 0 bridgehead atoms. The third-order valence-corrected chi connectivity index (χ3v) is 5.48. The molecule has 3 rings (SSSR count). The molecule has 9 heteroatoms. The molecule has 8 nitrogen and oxygen atoms in total. The van der Waals surface area contributed by atoms with Gasteiger partial charge in [-0.1, -0.05) is 18.2 Å². The lowest BCUT2D eigenvalue weighted by Crippen LogP contribution is -2.45. The van der Waals surface area contributed by atoms with E-state index in [1.807, 2.05) is 12.2 Å². The average Bonchev–Trinajstić information content (AvgIpc) is 3.28. The summed E-state index contributed by atoms with van der Waals surface area (Å²) in [7, 11) is 0. The smallest absolute Gasteiger partial charge is 0.329 e. The molecule has 1 aliphatic heterocycles. The van der Waals surface area contributed by atoms with E-state index in [-0.39, 0.29) is 0 Å². The number of amides is 4. The Bertz CT molecular complexity index is 790. The first kappa shape index (κ1) is 19.0. The van der Waals surface area contributed by atoms with Crippen LogP contribution in [-0.4, -0.2) is 47.1 Å². The zero-order valence-corrected chi connectivity index (χ0v) is 15.4. The minimum Gasteiger partial charge on any atom is -0.454 e. The van der Waals surface area contributed by atoms with Gasteiger partial charge in [0.1, 0.15) is 6.04 Å². The van der Waals surface area contributed by atoms with Gasteiger partial charge in [-0.3, -0.25) is 29.4 Å². The van der Waals surface area contributed by atoms with E-state index in [2.05, 4.69) is 5.32 Å². The minimum absolute atomic E-state index is 0.354. The summed E-state index contributed by atoms with van der Waals surface area (Å²) in [5, 5.41) is 3.80. The van der Waals surface area contributed by atoms with E-state index >= 15 is 0 Å². The Labute approximate surface area is 159 Å². The number of nitrogens with zero attached hydrogens (tertiary/aromatic N) is 1. The van der Waals surface area contributed by atoms with Crippen molar-refractivity contribution in [3.8, 4) is 0 Å². The molecule has 2 heterocycles. The van der Waals surface area contributed by atoms with Crippen LogP contribution >= 0.6 is 11.3 Å². The van der Waals surface area contributed by atoms with E-state index < -0.39 is 54.1 Å². The Hall–Kier alpha value is -2.81. The van der Waals surface area contributed by atoms with E-state index in [0.29, 0.717) is 17.7 Å². The molecule has 1 saturated heterocycles. The van der Waals surface area contributed by atoms with Gasteiger partial charge in [-0.25, -0.2) is 4.79 Å². The lowest BCUT2D eigenvalue weighted by Gasteiger charge is -2.21. The van der Waals surface area contributed by atoms with Crippen molar-refractivity contribution in [2.75, 3.05) is 6.61 Å². The molecule has 1 N–H and O–H groups in total. The monoisotopic (exact) mass is 390 g/mol. The average molecular weight is 390 g/mol. The van der Waals surface area contributed by atoms with Crippen molar-refractivity contribution in [2.24, 2.45) is 11.8 Å². The fourth-order valence-corrected chi connectivity index (χ4v) is 3.82. The third-order valence-electron chi connectivity index (χ3n) is 4.61. The summed E-state index contributed by atoms with van der Waals surface area (Å²) in [6.07, 6.45) is 4.66. The summed E-state index contributed by atoms with van der Waals surface area (Å²) in [4.78, 5) is 61.9. The van der Waals surface area contributed by atoms with Crippen molar-refractivity contribution in [1.82, 2.24) is 10.2 Å². The van der Waals surface area contributed by atoms with Crippen LogP contribution in [0, 0.1) is 11.8 Å². The van der Waals surface area contributed by atoms with Crippen LogP contribution in [0.15, 0.2) is 29.7 Å². The largest absolute Gasteiger partial charge is 0.454 e. The van der Waals surface area contributed by atoms with E-state index in [4.69, 9.17) is 4.74 Å². The summed E-state index contributed by atoms with van der Waals surface area (Å²) in [6.45, 7) is 0.711. The molecule has 0 unspecified atom stereocenters. The van der Waals surface area contributed by atoms with Crippen LogP contribution in [0.25, 0.3) is 0 Å². The molecule has 1 aliphatic carbocycles. The molecule has 27 heavy (non-hydrogen) atoms. The first-order valence-electron chi connectivity index (χ1n) is 8.46. The van der Waals surface area contributed by atoms with Gasteiger partial charge in [0, 0.05) is 0 Å². The SMILES string of the molecule is C[C@@H](C(=O)OCC(=O)NC(=O)c1cccs1)N1C(=O)[C@@H]2CC=CC[C@H]2C1=O. The molecule has 0 saturated carbocycles. The predicted octanol–water partition coefficient (Wildman–Crippen LogP) is 0.887. The number of hydrogen-bond donors (Lipinski definition) is 1. The van der Waals surface area contributed by atoms with Gasteiger partial charge in [0.05, 0.1) is 16.7 Å². The van der Waals surface area contributed by atoms with Gasteiger partial charge in [0.15, 0.2) is 6.61 Å². The summed E-state index contributed by atoms with van der Waals surface area (Å²) < 4.78 is 4.88. The Morgan fingerprint density at radius 3 is 2.41 bits per heavy atom. The van der Waals surface area contributed by atoms with E-state index in [9.17, 15) is 24.0 Å². The molecule has 4 amide bonds. The number of allylic oxidation sites excluding steroid dienone is 2. The molecule has 3 atom stereocenters. The van der Waals surface area contributed by atoms with Crippen LogP contribution in [0.2, 0.25) is 0 Å². The zero-order chi connectivity index (χ0) is 19.6. The zero-order valence-electron chi connectivity index (χ0n) is 14.5. The molecule has 1 aromatic heterocycles. The Balaban J connectivity index is 1.53. The van der Waals surface area contributed by atoms with Gasteiger partial charge >= 0.3 is 5.97 Å². The lowest BCUT2D eigenvalue weighted by atomic mass is 9.85. The van der Waals surface area contributed by atoms with Gasteiger partial charge in [0.2, 0.25) is 11.8 Å².